The highest BCUT2D eigenvalue weighted by atomic mass is 16.5. The number of H-pyrrole nitrogens is 1. The Morgan fingerprint density at radius 1 is 1.22 bits per heavy atom. The monoisotopic (exact) mass is 369 g/mol. The van der Waals surface area contributed by atoms with Crippen LogP contribution in [0.3, 0.4) is 0 Å². The van der Waals surface area contributed by atoms with Crippen molar-refractivity contribution < 1.29 is 9.53 Å². The molecule has 1 fully saturated rings. The predicted molar refractivity (Wildman–Crippen MR) is 103 cm³/mol. The van der Waals surface area contributed by atoms with Crippen LogP contribution in [0.15, 0.2) is 35.3 Å². The Morgan fingerprint density at radius 2 is 2.04 bits per heavy atom. The summed E-state index contributed by atoms with van der Waals surface area (Å²) >= 11 is 0. The number of rotatable bonds is 6. The van der Waals surface area contributed by atoms with Crippen LogP contribution in [0.25, 0.3) is 21.8 Å². The second-order valence-corrected chi connectivity index (χ2v) is 6.72. The molecule has 0 unspecified atom stereocenters. The average Bonchev–Trinajstić information content (AvgIpc) is 3.08. The van der Waals surface area contributed by atoms with Crippen molar-refractivity contribution in [3.8, 4) is 0 Å². The normalized spacial score (nSPS) is 15.4. The minimum absolute atomic E-state index is 0.0817. The number of aromatic nitrogens is 3. The molecule has 3 aromatic rings. The highest BCUT2D eigenvalue weighted by Crippen LogP contribution is 2.21. The van der Waals surface area contributed by atoms with Crippen LogP contribution in [0, 0.1) is 0 Å². The lowest BCUT2D eigenvalue weighted by atomic mass is 10.2. The van der Waals surface area contributed by atoms with Crippen LogP contribution in [0.4, 0.5) is 0 Å². The predicted octanol–water partition coefficient (Wildman–Crippen LogP) is 0.716. The van der Waals surface area contributed by atoms with E-state index in [9.17, 15) is 9.59 Å². The lowest BCUT2D eigenvalue weighted by Gasteiger charge is -2.26. The van der Waals surface area contributed by atoms with Crippen molar-refractivity contribution in [1.29, 1.82) is 0 Å². The fourth-order valence-corrected chi connectivity index (χ4v) is 3.44. The molecule has 142 valence electrons. The van der Waals surface area contributed by atoms with E-state index in [4.69, 9.17) is 4.74 Å². The number of benzene rings is 1. The van der Waals surface area contributed by atoms with Gasteiger partial charge >= 0.3 is 0 Å². The molecule has 0 spiro atoms. The summed E-state index contributed by atoms with van der Waals surface area (Å²) in [5.41, 5.74) is 1.08. The molecule has 0 bridgehead atoms. The molecular weight excluding hydrogens is 346 g/mol. The molecule has 27 heavy (non-hydrogen) atoms. The molecule has 3 heterocycles. The van der Waals surface area contributed by atoms with E-state index in [0.717, 1.165) is 55.6 Å². The summed E-state index contributed by atoms with van der Waals surface area (Å²) in [6.07, 6.45) is 2.51. The van der Waals surface area contributed by atoms with Gasteiger partial charge in [-0.15, -0.1) is 0 Å². The van der Waals surface area contributed by atoms with Gasteiger partial charge in [0.1, 0.15) is 12.1 Å². The van der Waals surface area contributed by atoms with Gasteiger partial charge in [-0.05, 0) is 19.0 Å². The molecule has 1 aliphatic heterocycles. The standard InChI is InChI=1S/C19H23N5O3/c25-17(20-6-3-7-23-8-10-27-11-9-23)13-24-19(26)18-15(12-21-24)14-4-1-2-5-16(14)22-18/h1-2,4-5,12,22H,3,6-11,13H2,(H,20,25). The number of fused-ring (bicyclic) bond motifs is 3. The van der Waals surface area contributed by atoms with Gasteiger partial charge in [-0.1, -0.05) is 18.2 Å². The molecule has 4 rings (SSSR count). The Hall–Kier alpha value is -2.71. The fraction of sp³-hybridized carbons (Fsp3) is 0.421. The number of nitrogens with zero attached hydrogens (tertiary/aromatic N) is 3. The van der Waals surface area contributed by atoms with E-state index < -0.39 is 0 Å². The summed E-state index contributed by atoms with van der Waals surface area (Å²) in [5, 5.41) is 8.77. The quantitative estimate of drug-likeness (QED) is 0.625. The lowest BCUT2D eigenvalue weighted by Crippen LogP contribution is -2.39. The van der Waals surface area contributed by atoms with Crippen molar-refractivity contribution >= 4 is 27.7 Å². The molecular formula is C19H23N5O3. The van der Waals surface area contributed by atoms with Gasteiger partial charge < -0.3 is 15.0 Å². The number of para-hydroxylation sites is 1. The molecule has 1 amide bonds. The minimum Gasteiger partial charge on any atom is -0.379 e. The summed E-state index contributed by atoms with van der Waals surface area (Å²) in [6, 6.07) is 7.70. The Labute approximate surface area is 156 Å². The Bertz CT molecular complexity index is 1000. The van der Waals surface area contributed by atoms with Crippen LogP contribution in [0.5, 0.6) is 0 Å². The number of ether oxygens (including phenoxy) is 1. The van der Waals surface area contributed by atoms with Crippen LogP contribution < -0.4 is 10.9 Å². The Balaban J connectivity index is 1.36. The zero-order valence-corrected chi connectivity index (χ0v) is 15.1. The number of hydrogen-bond acceptors (Lipinski definition) is 5. The lowest BCUT2D eigenvalue weighted by molar-refractivity contribution is -0.121. The molecule has 8 nitrogen and oxygen atoms in total. The molecule has 0 radical (unpaired) electrons. The van der Waals surface area contributed by atoms with Gasteiger partial charge in [-0.25, -0.2) is 4.68 Å². The van der Waals surface area contributed by atoms with Crippen molar-refractivity contribution in [2.24, 2.45) is 0 Å². The van der Waals surface area contributed by atoms with Gasteiger partial charge in [-0.2, -0.15) is 5.10 Å². The molecule has 1 aromatic carbocycles. The largest absolute Gasteiger partial charge is 0.379 e. The SMILES string of the molecule is O=C(Cn1ncc2c([nH]c3ccccc32)c1=O)NCCCN1CCOCC1. The maximum absolute atomic E-state index is 12.6. The van der Waals surface area contributed by atoms with Gasteiger partial charge in [0.05, 0.1) is 19.4 Å². The van der Waals surface area contributed by atoms with E-state index >= 15 is 0 Å². The maximum atomic E-state index is 12.6. The minimum atomic E-state index is -0.285. The van der Waals surface area contributed by atoms with Crippen molar-refractivity contribution in [3.63, 3.8) is 0 Å². The molecule has 0 atom stereocenters. The summed E-state index contributed by atoms with van der Waals surface area (Å²) in [5.74, 6) is -0.206. The third kappa shape index (κ3) is 3.86. The van der Waals surface area contributed by atoms with Crippen LogP contribution in [-0.4, -0.2) is 65.0 Å². The fourth-order valence-electron chi connectivity index (χ4n) is 3.44. The van der Waals surface area contributed by atoms with Crippen LogP contribution >= 0.6 is 0 Å². The first-order chi connectivity index (χ1) is 13.2. The van der Waals surface area contributed by atoms with E-state index in [2.05, 4.69) is 20.3 Å². The van der Waals surface area contributed by atoms with Crippen molar-refractivity contribution in [3.05, 3.63) is 40.8 Å². The summed E-state index contributed by atoms with van der Waals surface area (Å²) in [6.45, 7) is 4.87. The number of carbonyl (C=O) groups excluding carboxylic acids is 1. The van der Waals surface area contributed by atoms with E-state index in [0.29, 0.717) is 12.1 Å². The third-order valence-corrected chi connectivity index (χ3v) is 4.89. The molecule has 0 saturated carbocycles. The van der Waals surface area contributed by atoms with E-state index in [1.807, 2.05) is 24.3 Å². The number of aromatic amines is 1. The molecule has 8 heteroatoms. The average molecular weight is 369 g/mol. The van der Waals surface area contributed by atoms with Gasteiger partial charge in [0.15, 0.2) is 0 Å². The molecule has 2 N–H and O–H groups in total. The highest BCUT2D eigenvalue weighted by Gasteiger charge is 2.13. The van der Waals surface area contributed by atoms with Crippen molar-refractivity contribution in [1.82, 2.24) is 25.0 Å². The number of carbonyl (C=O) groups is 1. The summed E-state index contributed by atoms with van der Waals surface area (Å²) in [4.78, 5) is 30.3. The summed E-state index contributed by atoms with van der Waals surface area (Å²) in [7, 11) is 0. The zero-order chi connectivity index (χ0) is 18.6. The van der Waals surface area contributed by atoms with Crippen molar-refractivity contribution in [2.45, 2.75) is 13.0 Å². The first-order valence-corrected chi connectivity index (χ1v) is 9.26. The van der Waals surface area contributed by atoms with Crippen molar-refractivity contribution in [2.75, 3.05) is 39.4 Å². The maximum Gasteiger partial charge on any atom is 0.291 e. The van der Waals surface area contributed by atoms with E-state index in [1.165, 1.54) is 4.68 Å². The van der Waals surface area contributed by atoms with Crippen LogP contribution in [-0.2, 0) is 16.1 Å². The Kier molecular flexibility index (Phi) is 5.17. The third-order valence-electron chi connectivity index (χ3n) is 4.89. The van der Waals surface area contributed by atoms with Crippen LogP contribution in [0.1, 0.15) is 6.42 Å². The van der Waals surface area contributed by atoms with Crippen LogP contribution in [0.2, 0.25) is 0 Å². The summed E-state index contributed by atoms with van der Waals surface area (Å²) < 4.78 is 6.52. The van der Waals surface area contributed by atoms with Gasteiger partial charge in [-0.3, -0.25) is 14.5 Å². The second-order valence-electron chi connectivity index (χ2n) is 6.72. The number of hydrogen-bond donors (Lipinski definition) is 2. The second kappa shape index (κ2) is 7.89. The number of morpholine rings is 1. The van der Waals surface area contributed by atoms with Gasteiger partial charge in [0.25, 0.3) is 5.56 Å². The number of amides is 1. The Morgan fingerprint density at radius 3 is 2.89 bits per heavy atom. The molecule has 1 aliphatic rings. The first-order valence-electron chi connectivity index (χ1n) is 9.26. The molecule has 0 aliphatic carbocycles. The first kappa shape index (κ1) is 17.7. The molecule has 1 saturated heterocycles. The zero-order valence-electron chi connectivity index (χ0n) is 15.1. The highest BCUT2D eigenvalue weighted by molar-refractivity contribution is 6.06. The van der Waals surface area contributed by atoms with E-state index in [1.54, 1.807) is 6.20 Å². The molecule has 2 aromatic heterocycles. The smallest absolute Gasteiger partial charge is 0.291 e. The number of nitrogens with one attached hydrogen (secondary N) is 2. The van der Waals surface area contributed by atoms with Gasteiger partial charge in [0.2, 0.25) is 5.91 Å². The van der Waals surface area contributed by atoms with E-state index in [-0.39, 0.29) is 18.0 Å². The van der Waals surface area contributed by atoms with Gasteiger partial charge in [0, 0.05) is 35.9 Å². The topological polar surface area (TPSA) is 92.2 Å².